The van der Waals surface area contributed by atoms with Crippen LogP contribution in [0.25, 0.3) is 0 Å². The molecule has 1 atom stereocenters. The molecule has 0 spiro atoms. The molecule has 1 aromatic rings. The average Bonchev–Trinajstić information content (AvgIpc) is 2.86. The molecule has 6 heteroatoms. The summed E-state index contributed by atoms with van der Waals surface area (Å²) >= 11 is 0. The number of carbonyl (C=O) groups is 2. The molecule has 1 aliphatic rings. The molecule has 19 heavy (non-hydrogen) atoms. The molecular weight excluding hydrogens is 253 g/mol. The van der Waals surface area contributed by atoms with E-state index in [-0.39, 0.29) is 24.8 Å². The van der Waals surface area contributed by atoms with Gasteiger partial charge in [0.25, 0.3) is 5.91 Å². The molecule has 1 fully saturated rings. The Morgan fingerprint density at radius 3 is 2.89 bits per heavy atom. The van der Waals surface area contributed by atoms with Crippen molar-refractivity contribution in [3.8, 4) is 5.75 Å². The fourth-order valence-corrected chi connectivity index (χ4v) is 1.98. The highest BCUT2D eigenvalue weighted by Gasteiger charge is 2.30. The Morgan fingerprint density at radius 2 is 2.26 bits per heavy atom. The van der Waals surface area contributed by atoms with Crippen LogP contribution in [0, 0.1) is 11.7 Å². The molecule has 0 aliphatic carbocycles. The van der Waals surface area contributed by atoms with Gasteiger partial charge in [-0.15, -0.1) is 0 Å². The SMILES string of the molecule is O=C(O)[C@@H]1CCN(C(=O)COc2cccc(F)c2)C1. The van der Waals surface area contributed by atoms with E-state index in [1.807, 2.05) is 0 Å². The standard InChI is InChI=1S/C13H14FNO4/c14-10-2-1-3-11(6-10)19-8-12(16)15-5-4-9(7-15)13(17)18/h1-3,6,9H,4-5,7-8H2,(H,17,18)/t9-/m1/s1. The molecule has 0 saturated carbocycles. The maximum Gasteiger partial charge on any atom is 0.308 e. The lowest BCUT2D eigenvalue weighted by Crippen LogP contribution is -2.33. The van der Waals surface area contributed by atoms with Gasteiger partial charge in [0.1, 0.15) is 11.6 Å². The minimum absolute atomic E-state index is 0.209. The minimum Gasteiger partial charge on any atom is -0.484 e. The Labute approximate surface area is 109 Å². The summed E-state index contributed by atoms with van der Waals surface area (Å²) in [4.78, 5) is 24.0. The Hall–Kier alpha value is -2.11. The molecule has 1 saturated heterocycles. The van der Waals surface area contributed by atoms with Gasteiger partial charge in [0, 0.05) is 19.2 Å². The number of hydrogen-bond acceptors (Lipinski definition) is 3. The monoisotopic (exact) mass is 267 g/mol. The lowest BCUT2D eigenvalue weighted by atomic mass is 10.1. The van der Waals surface area contributed by atoms with Gasteiger partial charge >= 0.3 is 5.97 Å². The van der Waals surface area contributed by atoms with Crippen LogP contribution >= 0.6 is 0 Å². The lowest BCUT2D eigenvalue weighted by Gasteiger charge is -2.16. The van der Waals surface area contributed by atoms with Crippen LogP contribution in [0.3, 0.4) is 0 Å². The fraction of sp³-hybridized carbons (Fsp3) is 0.385. The summed E-state index contributed by atoms with van der Waals surface area (Å²) in [6, 6.07) is 5.52. The van der Waals surface area contributed by atoms with Crippen LogP contribution in [0.4, 0.5) is 4.39 Å². The normalized spacial score (nSPS) is 18.4. The second kappa shape index (κ2) is 5.69. The van der Waals surface area contributed by atoms with Crippen LogP contribution in [0.5, 0.6) is 5.75 Å². The molecule has 0 unspecified atom stereocenters. The van der Waals surface area contributed by atoms with Crippen LogP contribution in [0.1, 0.15) is 6.42 Å². The Kier molecular flexibility index (Phi) is 3.99. The van der Waals surface area contributed by atoms with Crippen molar-refractivity contribution in [1.29, 1.82) is 0 Å². The molecule has 1 aromatic carbocycles. The minimum atomic E-state index is -0.888. The highest BCUT2D eigenvalue weighted by molar-refractivity contribution is 5.79. The molecular formula is C13H14FNO4. The number of nitrogens with zero attached hydrogens (tertiary/aromatic N) is 1. The van der Waals surface area contributed by atoms with Gasteiger partial charge < -0.3 is 14.7 Å². The van der Waals surface area contributed by atoms with E-state index in [2.05, 4.69) is 0 Å². The molecule has 1 N–H and O–H groups in total. The van der Waals surface area contributed by atoms with Crippen LogP contribution in [-0.2, 0) is 9.59 Å². The van der Waals surface area contributed by atoms with Crippen molar-refractivity contribution >= 4 is 11.9 Å². The van der Waals surface area contributed by atoms with Crippen LogP contribution in [0.2, 0.25) is 0 Å². The zero-order valence-corrected chi connectivity index (χ0v) is 10.2. The summed E-state index contributed by atoms with van der Waals surface area (Å²) in [5.41, 5.74) is 0. The van der Waals surface area contributed by atoms with E-state index < -0.39 is 17.7 Å². The van der Waals surface area contributed by atoms with E-state index in [1.54, 1.807) is 6.07 Å². The fourth-order valence-electron chi connectivity index (χ4n) is 1.98. The summed E-state index contributed by atoms with van der Waals surface area (Å²) in [5, 5.41) is 8.84. The number of carboxylic acid groups (broad SMARTS) is 1. The van der Waals surface area contributed by atoms with Gasteiger partial charge in [-0.3, -0.25) is 9.59 Å². The predicted molar refractivity (Wildman–Crippen MR) is 64.2 cm³/mol. The first-order valence-electron chi connectivity index (χ1n) is 5.95. The first kappa shape index (κ1) is 13.3. The molecule has 0 radical (unpaired) electrons. The number of carbonyl (C=O) groups excluding carboxylic acids is 1. The smallest absolute Gasteiger partial charge is 0.308 e. The summed E-state index contributed by atoms with van der Waals surface area (Å²) in [6.07, 6.45) is 0.459. The third kappa shape index (κ3) is 3.43. The molecule has 0 bridgehead atoms. The van der Waals surface area contributed by atoms with Gasteiger partial charge in [0.15, 0.2) is 6.61 Å². The zero-order valence-electron chi connectivity index (χ0n) is 10.2. The van der Waals surface area contributed by atoms with Crippen LogP contribution in [-0.4, -0.2) is 41.6 Å². The number of carboxylic acids is 1. The highest BCUT2D eigenvalue weighted by Crippen LogP contribution is 2.17. The first-order valence-corrected chi connectivity index (χ1v) is 5.95. The molecule has 1 aliphatic heterocycles. The number of amides is 1. The zero-order chi connectivity index (χ0) is 13.8. The van der Waals surface area contributed by atoms with Crippen molar-refractivity contribution in [3.63, 3.8) is 0 Å². The number of likely N-dealkylation sites (tertiary alicyclic amines) is 1. The largest absolute Gasteiger partial charge is 0.484 e. The number of halogens is 1. The molecule has 5 nitrogen and oxygen atoms in total. The summed E-state index contributed by atoms with van der Waals surface area (Å²) in [5.74, 6) is -1.83. The summed E-state index contributed by atoms with van der Waals surface area (Å²) in [7, 11) is 0. The number of benzene rings is 1. The second-order valence-corrected chi connectivity index (χ2v) is 4.41. The van der Waals surface area contributed by atoms with Crippen LogP contribution < -0.4 is 4.74 Å². The van der Waals surface area contributed by atoms with E-state index in [1.165, 1.54) is 23.1 Å². The third-order valence-electron chi connectivity index (χ3n) is 3.05. The second-order valence-electron chi connectivity index (χ2n) is 4.41. The molecule has 1 amide bonds. The molecule has 102 valence electrons. The van der Waals surface area contributed by atoms with Crippen molar-refractivity contribution in [3.05, 3.63) is 30.1 Å². The van der Waals surface area contributed by atoms with Crippen molar-refractivity contribution in [2.75, 3.05) is 19.7 Å². The van der Waals surface area contributed by atoms with Crippen molar-refractivity contribution in [2.24, 2.45) is 5.92 Å². The van der Waals surface area contributed by atoms with Crippen molar-refractivity contribution in [2.45, 2.75) is 6.42 Å². The maximum absolute atomic E-state index is 12.9. The Bertz CT molecular complexity index is 491. The van der Waals surface area contributed by atoms with E-state index in [0.29, 0.717) is 13.0 Å². The Morgan fingerprint density at radius 1 is 1.47 bits per heavy atom. The lowest BCUT2D eigenvalue weighted by molar-refractivity contribution is -0.141. The average molecular weight is 267 g/mol. The maximum atomic E-state index is 12.9. The summed E-state index contributed by atoms with van der Waals surface area (Å²) < 4.78 is 18.1. The van der Waals surface area contributed by atoms with Gasteiger partial charge in [-0.05, 0) is 18.6 Å². The number of hydrogen-bond donors (Lipinski definition) is 1. The van der Waals surface area contributed by atoms with Gasteiger partial charge in [-0.2, -0.15) is 0 Å². The van der Waals surface area contributed by atoms with Gasteiger partial charge in [0.05, 0.1) is 5.92 Å². The van der Waals surface area contributed by atoms with E-state index in [9.17, 15) is 14.0 Å². The van der Waals surface area contributed by atoms with E-state index >= 15 is 0 Å². The molecule has 0 aromatic heterocycles. The predicted octanol–water partition coefficient (Wildman–Crippen LogP) is 1.14. The van der Waals surface area contributed by atoms with E-state index in [4.69, 9.17) is 9.84 Å². The quantitative estimate of drug-likeness (QED) is 0.888. The third-order valence-corrected chi connectivity index (χ3v) is 3.05. The number of rotatable bonds is 4. The number of aliphatic carboxylic acids is 1. The number of ether oxygens (including phenoxy) is 1. The highest BCUT2D eigenvalue weighted by atomic mass is 19.1. The van der Waals surface area contributed by atoms with Crippen molar-refractivity contribution < 1.29 is 23.8 Å². The van der Waals surface area contributed by atoms with E-state index in [0.717, 1.165) is 0 Å². The topological polar surface area (TPSA) is 66.8 Å². The Balaban J connectivity index is 1.84. The van der Waals surface area contributed by atoms with Crippen molar-refractivity contribution in [1.82, 2.24) is 4.90 Å². The van der Waals surface area contributed by atoms with Crippen LogP contribution in [0.15, 0.2) is 24.3 Å². The summed E-state index contributed by atoms with van der Waals surface area (Å²) in [6.45, 7) is 0.415. The van der Waals surface area contributed by atoms with Gasteiger partial charge in [-0.1, -0.05) is 6.07 Å². The van der Waals surface area contributed by atoms with Gasteiger partial charge in [-0.25, -0.2) is 4.39 Å². The molecule has 2 rings (SSSR count). The van der Waals surface area contributed by atoms with Gasteiger partial charge in [0.2, 0.25) is 0 Å². The first-order chi connectivity index (χ1) is 9.06. The molecule has 1 heterocycles.